The van der Waals surface area contributed by atoms with Gasteiger partial charge in [-0.25, -0.2) is 4.79 Å². The van der Waals surface area contributed by atoms with Crippen molar-refractivity contribution in [1.82, 2.24) is 10.2 Å². The number of aromatic nitrogens is 2. The molecule has 5 heteroatoms. The largest absolute Gasteiger partial charge is 0.461 e. The summed E-state index contributed by atoms with van der Waals surface area (Å²) in [5, 5.41) is 6.87. The molecule has 0 aliphatic heterocycles. The van der Waals surface area contributed by atoms with Gasteiger partial charge in [0.05, 0.1) is 10.2 Å². The number of halogens is 1. The highest BCUT2D eigenvalue weighted by Gasteiger charge is 2.18. The Bertz CT molecular complexity index is 347. The van der Waals surface area contributed by atoms with Crippen molar-refractivity contribution in [2.75, 3.05) is 6.61 Å². The van der Waals surface area contributed by atoms with E-state index in [0.717, 1.165) is 15.7 Å². The molecule has 1 N–H and O–H groups in total. The van der Waals surface area contributed by atoms with Crippen molar-refractivity contribution in [3.05, 3.63) is 15.0 Å². The molecule has 84 valence electrons. The lowest BCUT2D eigenvalue weighted by Crippen LogP contribution is -2.07. The maximum Gasteiger partial charge on any atom is 0.359 e. The zero-order valence-corrected chi connectivity index (χ0v) is 11.3. The number of hydrogen-bond acceptors (Lipinski definition) is 3. The van der Waals surface area contributed by atoms with Gasteiger partial charge in [0.2, 0.25) is 0 Å². The molecular weight excluding hydrogens is 307 g/mol. The van der Waals surface area contributed by atoms with Crippen LogP contribution < -0.4 is 0 Å². The highest BCUT2D eigenvalue weighted by molar-refractivity contribution is 14.1. The summed E-state index contributed by atoms with van der Waals surface area (Å²) in [4.78, 5) is 11.5. The first-order chi connectivity index (χ1) is 7.06. The summed E-state index contributed by atoms with van der Waals surface area (Å²) in [6, 6.07) is 0. The number of carbonyl (C=O) groups is 1. The Morgan fingerprint density at radius 2 is 2.27 bits per heavy atom. The van der Waals surface area contributed by atoms with Gasteiger partial charge in [-0.15, -0.1) is 0 Å². The molecule has 0 aliphatic carbocycles. The SMILES string of the molecule is CCOC(=O)c1n[nH]c(CC(C)C)c1I. The summed E-state index contributed by atoms with van der Waals surface area (Å²) in [7, 11) is 0. The van der Waals surface area contributed by atoms with Crippen molar-refractivity contribution in [2.45, 2.75) is 27.2 Å². The summed E-state index contributed by atoms with van der Waals surface area (Å²) in [5.74, 6) is 0.183. The molecule has 0 atom stereocenters. The number of esters is 1. The lowest BCUT2D eigenvalue weighted by Gasteiger charge is -2.02. The monoisotopic (exact) mass is 322 g/mol. The van der Waals surface area contributed by atoms with Crippen molar-refractivity contribution >= 4 is 28.6 Å². The van der Waals surface area contributed by atoms with Crippen LogP contribution in [-0.2, 0) is 11.2 Å². The minimum Gasteiger partial charge on any atom is -0.461 e. The number of carbonyl (C=O) groups excluding carboxylic acids is 1. The lowest BCUT2D eigenvalue weighted by molar-refractivity contribution is 0.0518. The van der Waals surface area contributed by atoms with Crippen LogP contribution in [0.3, 0.4) is 0 Å². The Hall–Kier alpha value is -0.590. The Balaban J connectivity index is 2.84. The van der Waals surface area contributed by atoms with E-state index < -0.39 is 0 Å². The molecule has 0 bridgehead atoms. The maximum atomic E-state index is 11.5. The molecule has 0 saturated heterocycles. The predicted molar refractivity (Wildman–Crippen MR) is 65.8 cm³/mol. The second-order valence-corrected chi connectivity index (χ2v) is 4.76. The smallest absolute Gasteiger partial charge is 0.359 e. The van der Waals surface area contributed by atoms with Crippen LogP contribution in [-0.4, -0.2) is 22.8 Å². The average molecular weight is 322 g/mol. The molecule has 0 aromatic carbocycles. The fourth-order valence-corrected chi connectivity index (χ4v) is 1.92. The Labute approximate surface area is 103 Å². The molecule has 1 heterocycles. The number of nitrogens with one attached hydrogen (secondary N) is 1. The fraction of sp³-hybridized carbons (Fsp3) is 0.600. The number of rotatable bonds is 4. The van der Waals surface area contributed by atoms with Crippen molar-refractivity contribution in [1.29, 1.82) is 0 Å². The average Bonchev–Trinajstić information content (AvgIpc) is 2.48. The first-order valence-corrected chi connectivity index (χ1v) is 6.04. The summed E-state index contributed by atoms with van der Waals surface area (Å²) in [6.07, 6.45) is 0.894. The molecule has 1 aromatic rings. The third-order valence-electron chi connectivity index (χ3n) is 1.86. The summed E-state index contributed by atoms with van der Waals surface area (Å²) < 4.78 is 5.78. The standard InChI is InChI=1S/C10H15IN2O2/c1-4-15-10(14)9-8(11)7(12-13-9)5-6(2)3/h6H,4-5H2,1-3H3,(H,12,13). The minimum atomic E-state index is -0.354. The molecule has 15 heavy (non-hydrogen) atoms. The van der Waals surface area contributed by atoms with Crippen LogP contribution in [0.5, 0.6) is 0 Å². The molecule has 4 nitrogen and oxygen atoms in total. The van der Waals surface area contributed by atoms with Gasteiger partial charge in [0.15, 0.2) is 5.69 Å². The molecule has 0 unspecified atom stereocenters. The molecule has 1 rings (SSSR count). The highest BCUT2D eigenvalue weighted by atomic mass is 127. The first kappa shape index (κ1) is 12.5. The third kappa shape index (κ3) is 3.19. The van der Waals surface area contributed by atoms with E-state index in [4.69, 9.17) is 4.74 Å². The zero-order valence-electron chi connectivity index (χ0n) is 9.13. The Kier molecular flexibility index (Phi) is 4.56. The second kappa shape index (κ2) is 5.48. The Morgan fingerprint density at radius 3 is 2.80 bits per heavy atom. The van der Waals surface area contributed by atoms with Crippen LogP contribution in [0.4, 0.5) is 0 Å². The number of hydrogen-bond donors (Lipinski definition) is 1. The number of nitrogens with zero attached hydrogens (tertiary/aromatic N) is 1. The topological polar surface area (TPSA) is 55.0 Å². The predicted octanol–water partition coefficient (Wildman–Crippen LogP) is 2.39. The lowest BCUT2D eigenvalue weighted by atomic mass is 10.1. The van der Waals surface area contributed by atoms with E-state index in [0.29, 0.717) is 18.2 Å². The van der Waals surface area contributed by atoms with Gasteiger partial charge >= 0.3 is 5.97 Å². The second-order valence-electron chi connectivity index (χ2n) is 3.68. The number of H-pyrrole nitrogens is 1. The molecule has 0 aliphatic rings. The van der Waals surface area contributed by atoms with Crippen molar-refractivity contribution in [2.24, 2.45) is 5.92 Å². The van der Waals surface area contributed by atoms with Crippen molar-refractivity contribution in [3.8, 4) is 0 Å². The van der Waals surface area contributed by atoms with E-state index in [-0.39, 0.29) is 5.97 Å². The highest BCUT2D eigenvalue weighted by Crippen LogP contribution is 2.18. The third-order valence-corrected chi connectivity index (χ3v) is 3.02. The Morgan fingerprint density at radius 1 is 1.60 bits per heavy atom. The molecule has 0 fully saturated rings. The van der Waals surface area contributed by atoms with E-state index in [2.05, 4.69) is 46.6 Å². The van der Waals surface area contributed by atoms with Gasteiger partial charge in [-0.1, -0.05) is 13.8 Å². The van der Waals surface area contributed by atoms with E-state index in [1.54, 1.807) is 6.92 Å². The van der Waals surface area contributed by atoms with Crippen LogP contribution >= 0.6 is 22.6 Å². The summed E-state index contributed by atoms with van der Waals surface area (Å²) >= 11 is 2.13. The van der Waals surface area contributed by atoms with Gasteiger partial charge in [0.25, 0.3) is 0 Å². The van der Waals surface area contributed by atoms with E-state index in [1.807, 2.05) is 0 Å². The quantitative estimate of drug-likeness (QED) is 0.684. The summed E-state index contributed by atoms with van der Waals surface area (Å²) in [5.41, 5.74) is 1.40. The van der Waals surface area contributed by atoms with E-state index >= 15 is 0 Å². The van der Waals surface area contributed by atoms with Gasteiger partial charge in [0, 0.05) is 5.69 Å². The van der Waals surface area contributed by atoms with Gasteiger partial charge in [-0.05, 0) is 41.9 Å². The number of aromatic amines is 1. The maximum absolute atomic E-state index is 11.5. The molecule has 1 aromatic heterocycles. The van der Waals surface area contributed by atoms with Crippen LogP contribution in [0, 0.1) is 9.49 Å². The molecular formula is C10H15IN2O2. The van der Waals surface area contributed by atoms with Gasteiger partial charge in [-0.3, -0.25) is 5.10 Å². The fourth-order valence-electron chi connectivity index (χ4n) is 1.24. The van der Waals surface area contributed by atoms with Crippen LogP contribution in [0.2, 0.25) is 0 Å². The first-order valence-electron chi connectivity index (χ1n) is 4.96. The molecule has 0 radical (unpaired) electrons. The van der Waals surface area contributed by atoms with Gasteiger partial charge < -0.3 is 4.74 Å². The van der Waals surface area contributed by atoms with E-state index in [1.165, 1.54) is 0 Å². The van der Waals surface area contributed by atoms with Crippen LogP contribution in [0.15, 0.2) is 0 Å². The van der Waals surface area contributed by atoms with Crippen molar-refractivity contribution < 1.29 is 9.53 Å². The van der Waals surface area contributed by atoms with Gasteiger partial charge in [0.1, 0.15) is 0 Å². The van der Waals surface area contributed by atoms with E-state index in [9.17, 15) is 4.79 Å². The molecule has 0 spiro atoms. The summed E-state index contributed by atoms with van der Waals surface area (Å²) in [6.45, 7) is 6.41. The zero-order chi connectivity index (χ0) is 11.4. The molecule has 0 amide bonds. The minimum absolute atomic E-state index is 0.354. The number of ether oxygens (including phenoxy) is 1. The molecule has 0 saturated carbocycles. The van der Waals surface area contributed by atoms with Crippen LogP contribution in [0.1, 0.15) is 37.0 Å². The van der Waals surface area contributed by atoms with Crippen molar-refractivity contribution in [3.63, 3.8) is 0 Å². The van der Waals surface area contributed by atoms with Crippen LogP contribution in [0.25, 0.3) is 0 Å². The normalized spacial score (nSPS) is 10.7. The van der Waals surface area contributed by atoms with Gasteiger partial charge in [-0.2, -0.15) is 5.10 Å².